The molecule has 0 aromatic heterocycles. The number of aryl methyl sites for hydroxylation is 2. The fraction of sp³-hybridized carbons (Fsp3) is 0.222. The molecule has 1 heterocycles. The van der Waals surface area contributed by atoms with Crippen LogP contribution in [0.2, 0.25) is 0 Å². The number of carbonyl (C=O) groups excluding carboxylic acids is 2. The SMILES string of the molecule is Cc1ccc(OC(=O)c2cccc(N3CCOC3=O)c2)c(C)c1. The number of rotatable bonds is 3. The Balaban J connectivity index is 1.81. The Labute approximate surface area is 134 Å². The van der Waals surface area contributed by atoms with Gasteiger partial charge in [0.25, 0.3) is 0 Å². The molecule has 0 N–H and O–H groups in total. The zero-order valence-corrected chi connectivity index (χ0v) is 13.0. The quantitative estimate of drug-likeness (QED) is 0.643. The fourth-order valence-corrected chi connectivity index (χ4v) is 2.50. The molecule has 5 nitrogen and oxygen atoms in total. The minimum atomic E-state index is -0.452. The van der Waals surface area contributed by atoms with Gasteiger partial charge in [-0.2, -0.15) is 0 Å². The second-order valence-electron chi connectivity index (χ2n) is 5.47. The molecule has 1 saturated heterocycles. The van der Waals surface area contributed by atoms with Crippen LogP contribution in [-0.4, -0.2) is 25.2 Å². The summed E-state index contributed by atoms with van der Waals surface area (Å²) in [7, 11) is 0. The van der Waals surface area contributed by atoms with Gasteiger partial charge < -0.3 is 9.47 Å². The third-order valence-electron chi connectivity index (χ3n) is 3.69. The monoisotopic (exact) mass is 311 g/mol. The molecule has 1 aliphatic rings. The minimum absolute atomic E-state index is 0.357. The number of hydrogen-bond donors (Lipinski definition) is 0. The third kappa shape index (κ3) is 3.18. The van der Waals surface area contributed by atoms with Crippen LogP contribution in [0.5, 0.6) is 5.75 Å². The number of carbonyl (C=O) groups is 2. The summed E-state index contributed by atoms with van der Waals surface area (Å²) in [5.74, 6) is 0.0814. The Bertz CT molecular complexity index is 769. The molecule has 23 heavy (non-hydrogen) atoms. The molecule has 3 rings (SSSR count). The Hall–Kier alpha value is -2.82. The van der Waals surface area contributed by atoms with E-state index >= 15 is 0 Å². The van der Waals surface area contributed by atoms with Crippen molar-refractivity contribution in [2.24, 2.45) is 0 Å². The van der Waals surface area contributed by atoms with Crippen LogP contribution in [0, 0.1) is 13.8 Å². The Morgan fingerprint density at radius 1 is 1.17 bits per heavy atom. The summed E-state index contributed by atoms with van der Waals surface area (Å²) in [6.07, 6.45) is -0.398. The molecule has 0 radical (unpaired) electrons. The molecular weight excluding hydrogens is 294 g/mol. The molecule has 1 amide bonds. The lowest BCUT2D eigenvalue weighted by Gasteiger charge is -2.14. The van der Waals surface area contributed by atoms with Gasteiger partial charge in [-0.1, -0.05) is 23.8 Å². The molecule has 0 unspecified atom stereocenters. The summed E-state index contributed by atoms with van der Waals surface area (Å²) in [4.78, 5) is 25.4. The number of ether oxygens (including phenoxy) is 2. The first kappa shape index (κ1) is 15.1. The molecule has 0 spiro atoms. The van der Waals surface area contributed by atoms with Gasteiger partial charge in [0, 0.05) is 5.69 Å². The van der Waals surface area contributed by atoms with Gasteiger partial charge in [0.2, 0.25) is 0 Å². The van der Waals surface area contributed by atoms with Gasteiger partial charge in [0.1, 0.15) is 12.4 Å². The molecular formula is C18H17NO4. The summed E-state index contributed by atoms with van der Waals surface area (Å²) in [5, 5.41) is 0. The van der Waals surface area contributed by atoms with Crippen molar-refractivity contribution in [1.82, 2.24) is 0 Å². The molecule has 1 aliphatic heterocycles. The van der Waals surface area contributed by atoms with Crippen LogP contribution in [0.3, 0.4) is 0 Å². The van der Waals surface area contributed by atoms with E-state index in [-0.39, 0.29) is 0 Å². The predicted octanol–water partition coefficient (Wildman–Crippen LogP) is 3.48. The van der Waals surface area contributed by atoms with Crippen molar-refractivity contribution in [3.05, 3.63) is 59.2 Å². The van der Waals surface area contributed by atoms with Crippen molar-refractivity contribution in [2.75, 3.05) is 18.1 Å². The lowest BCUT2D eigenvalue weighted by atomic mass is 10.1. The highest BCUT2D eigenvalue weighted by Crippen LogP contribution is 2.23. The van der Waals surface area contributed by atoms with Gasteiger partial charge in [-0.05, 0) is 43.7 Å². The number of nitrogens with zero attached hydrogens (tertiary/aromatic N) is 1. The highest BCUT2D eigenvalue weighted by Gasteiger charge is 2.24. The predicted molar refractivity (Wildman–Crippen MR) is 86.0 cm³/mol. The van der Waals surface area contributed by atoms with Crippen LogP contribution >= 0.6 is 0 Å². The Morgan fingerprint density at radius 3 is 2.70 bits per heavy atom. The average Bonchev–Trinajstić information content (AvgIpc) is 2.96. The first-order valence-electron chi connectivity index (χ1n) is 7.38. The summed E-state index contributed by atoms with van der Waals surface area (Å²) in [5.41, 5.74) is 3.03. The second-order valence-corrected chi connectivity index (χ2v) is 5.47. The van der Waals surface area contributed by atoms with Crippen molar-refractivity contribution in [3.8, 4) is 5.75 Å². The van der Waals surface area contributed by atoms with E-state index in [0.29, 0.717) is 30.2 Å². The zero-order chi connectivity index (χ0) is 16.4. The molecule has 2 aromatic rings. The Kier molecular flexibility index (Phi) is 4.02. The first-order chi connectivity index (χ1) is 11.0. The van der Waals surface area contributed by atoms with Crippen molar-refractivity contribution < 1.29 is 19.1 Å². The number of hydrogen-bond acceptors (Lipinski definition) is 4. The van der Waals surface area contributed by atoms with Gasteiger partial charge in [-0.3, -0.25) is 4.90 Å². The van der Waals surface area contributed by atoms with Crippen LogP contribution in [0.4, 0.5) is 10.5 Å². The van der Waals surface area contributed by atoms with Gasteiger partial charge >= 0.3 is 12.1 Å². The number of benzene rings is 2. The minimum Gasteiger partial charge on any atom is -0.447 e. The van der Waals surface area contributed by atoms with E-state index < -0.39 is 12.1 Å². The van der Waals surface area contributed by atoms with Crippen LogP contribution in [0.25, 0.3) is 0 Å². The van der Waals surface area contributed by atoms with Crippen molar-refractivity contribution in [1.29, 1.82) is 0 Å². The molecule has 0 bridgehead atoms. The summed E-state index contributed by atoms with van der Waals surface area (Å²) in [6, 6.07) is 12.4. The fourth-order valence-electron chi connectivity index (χ4n) is 2.50. The third-order valence-corrected chi connectivity index (χ3v) is 3.69. The lowest BCUT2D eigenvalue weighted by Crippen LogP contribution is -2.23. The number of cyclic esters (lactones) is 1. The number of amides is 1. The largest absolute Gasteiger partial charge is 0.447 e. The number of anilines is 1. The van der Waals surface area contributed by atoms with Gasteiger partial charge in [-0.15, -0.1) is 0 Å². The summed E-state index contributed by atoms with van der Waals surface area (Å²) < 4.78 is 10.4. The van der Waals surface area contributed by atoms with Gasteiger partial charge in [0.05, 0.1) is 12.1 Å². The second kappa shape index (κ2) is 6.12. The van der Waals surface area contributed by atoms with E-state index in [2.05, 4.69) is 0 Å². The lowest BCUT2D eigenvalue weighted by molar-refractivity contribution is 0.0733. The van der Waals surface area contributed by atoms with Crippen molar-refractivity contribution >= 4 is 17.7 Å². The maximum atomic E-state index is 12.3. The molecule has 0 saturated carbocycles. The van der Waals surface area contributed by atoms with Crippen LogP contribution in [0.1, 0.15) is 21.5 Å². The van der Waals surface area contributed by atoms with E-state index in [9.17, 15) is 9.59 Å². The Morgan fingerprint density at radius 2 is 2.00 bits per heavy atom. The molecule has 0 atom stereocenters. The van der Waals surface area contributed by atoms with Crippen molar-refractivity contribution in [2.45, 2.75) is 13.8 Å². The highest BCUT2D eigenvalue weighted by molar-refractivity contribution is 5.95. The summed E-state index contributed by atoms with van der Waals surface area (Å²) in [6.45, 7) is 4.72. The van der Waals surface area contributed by atoms with E-state index in [0.717, 1.165) is 11.1 Å². The highest BCUT2D eigenvalue weighted by atomic mass is 16.6. The van der Waals surface area contributed by atoms with E-state index in [4.69, 9.17) is 9.47 Å². The molecule has 0 aliphatic carbocycles. The standard InChI is InChI=1S/C18H17NO4/c1-12-6-7-16(13(2)10-12)23-17(20)14-4-3-5-15(11-14)19-8-9-22-18(19)21/h3-7,10-11H,8-9H2,1-2H3. The molecule has 1 fully saturated rings. The maximum absolute atomic E-state index is 12.3. The maximum Gasteiger partial charge on any atom is 0.414 e. The topological polar surface area (TPSA) is 55.8 Å². The van der Waals surface area contributed by atoms with Crippen LogP contribution in [-0.2, 0) is 4.74 Å². The van der Waals surface area contributed by atoms with Crippen LogP contribution < -0.4 is 9.64 Å². The molecule has 2 aromatic carbocycles. The summed E-state index contributed by atoms with van der Waals surface area (Å²) >= 11 is 0. The molecule has 5 heteroatoms. The average molecular weight is 311 g/mol. The smallest absolute Gasteiger partial charge is 0.414 e. The van der Waals surface area contributed by atoms with Crippen molar-refractivity contribution in [3.63, 3.8) is 0 Å². The van der Waals surface area contributed by atoms with E-state index in [1.54, 1.807) is 30.3 Å². The van der Waals surface area contributed by atoms with Crippen LogP contribution in [0.15, 0.2) is 42.5 Å². The van der Waals surface area contributed by atoms with E-state index in [1.165, 1.54) is 4.90 Å². The number of esters is 1. The normalized spacial score (nSPS) is 13.8. The first-order valence-corrected chi connectivity index (χ1v) is 7.38. The zero-order valence-electron chi connectivity index (χ0n) is 13.0. The van der Waals surface area contributed by atoms with Gasteiger partial charge in [-0.25, -0.2) is 9.59 Å². The van der Waals surface area contributed by atoms with Gasteiger partial charge in [0.15, 0.2) is 0 Å². The van der Waals surface area contributed by atoms with E-state index in [1.807, 2.05) is 26.0 Å². The molecule has 118 valence electrons.